The number of carbonyl (C=O) groups excluding carboxylic acids is 1. The second-order valence-corrected chi connectivity index (χ2v) is 9.11. The van der Waals surface area contributed by atoms with Crippen LogP contribution in [-0.4, -0.2) is 32.3 Å². The highest BCUT2D eigenvalue weighted by Gasteiger charge is 2.30. The zero-order chi connectivity index (χ0) is 17.2. The Labute approximate surface area is 143 Å². The van der Waals surface area contributed by atoms with Gasteiger partial charge in [0, 0.05) is 5.69 Å². The summed E-state index contributed by atoms with van der Waals surface area (Å²) in [4.78, 5) is 12.4. The minimum Gasteiger partial charge on any atom is -0.368 e. The first-order valence-corrected chi connectivity index (χ1v) is 10.3. The summed E-state index contributed by atoms with van der Waals surface area (Å²) in [6, 6.07) is 6.46. The van der Waals surface area contributed by atoms with Crippen molar-refractivity contribution < 1.29 is 17.9 Å². The summed E-state index contributed by atoms with van der Waals surface area (Å²) in [6.07, 6.45) is 5.32. The van der Waals surface area contributed by atoms with Crippen LogP contribution >= 0.6 is 0 Å². The number of rotatable bonds is 7. The van der Waals surface area contributed by atoms with Crippen LogP contribution in [0.25, 0.3) is 0 Å². The van der Waals surface area contributed by atoms with E-state index >= 15 is 0 Å². The molecule has 0 aromatic heterocycles. The van der Waals surface area contributed by atoms with Gasteiger partial charge in [-0.15, -0.1) is 0 Å². The average molecular weight is 351 g/mol. The van der Waals surface area contributed by atoms with Gasteiger partial charge in [0.2, 0.25) is 0 Å². The summed E-state index contributed by atoms with van der Waals surface area (Å²) in [7, 11) is -3.25. The van der Waals surface area contributed by atoms with E-state index < -0.39 is 15.9 Å². The van der Waals surface area contributed by atoms with Gasteiger partial charge in [-0.25, -0.2) is 8.42 Å². The monoisotopic (exact) mass is 351 g/mol. The summed E-state index contributed by atoms with van der Waals surface area (Å²) < 4.78 is 30.6. The highest BCUT2D eigenvalue weighted by molar-refractivity contribution is 7.92. The van der Waals surface area contributed by atoms with Crippen molar-refractivity contribution in [3.05, 3.63) is 24.3 Å². The molecule has 2 aliphatic rings. The Hall–Kier alpha value is -1.40. The smallest absolute Gasteiger partial charge is 0.253 e. The van der Waals surface area contributed by atoms with Crippen LogP contribution in [-0.2, 0) is 19.4 Å². The SMILES string of the molecule is CC(OCC1CC1)C(=O)Nc1ccc(S(=O)(=O)C2CCCC2)cc1. The quantitative estimate of drug-likeness (QED) is 0.819. The largest absolute Gasteiger partial charge is 0.368 e. The topological polar surface area (TPSA) is 72.5 Å². The van der Waals surface area contributed by atoms with E-state index in [4.69, 9.17) is 4.74 Å². The van der Waals surface area contributed by atoms with Gasteiger partial charge >= 0.3 is 0 Å². The van der Waals surface area contributed by atoms with Crippen molar-refractivity contribution in [2.24, 2.45) is 5.92 Å². The predicted molar refractivity (Wildman–Crippen MR) is 92.7 cm³/mol. The fourth-order valence-electron chi connectivity index (χ4n) is 3.00. The number of hydrogen-bond donors (Lipinski definition) is 1. The molecule has 132 valence electrons. The first-order valence-electron chi connectivity index (χ1n) is 8.73. The maximum absolute atomic E-state index is 12.5. The molecule has 3 rings (SSSR count). The number of amides is 1. The average Bonchev–Trinajstić information content (AvgIpc) is 3.22. The molecule has 0 aliphatic heterocycles. The molecule has 0 heterocycles. The molecule has 1 aromatic carbocycles. The molecule has 2 saturated carbocycles. The lowest BCUT2D eigenvalue weighted by Gasteiger charge is -2.14. The van der Waals surface area contributed by atoms with E-state index in [1.807, 2.05) is 0 Å². The normalized spacial score (nSPS) is 20.0. The molecular formula is C18H25NO4S. The minimum atomic E-state index is -3.25. The van der Waals surface area contributed by atoms with Crippen LogP contribution in [0, 0.1) is 5.92 Å². The standard InChI is InChI=1S/C18H25NO4S/c1-13(23-12-14-6-7-14)18(20)19-15-8-10-17(11-9-15)24(21,22)16-4-2-3-5-16/h8-11,13-14,16H,2-7,12H2,1H3,(H,19,20). The van der Waals surface area contributed by atoms with Crippen molar-refractivity contribution in [3.63, 3.8) is 0 Å². The van der Waals surface area contributed by atoms with Gasteiger partial charge in [0.1, 0.15) is 6.10 Å². The van der Waals surface area contributed by atoms with Gasteiger partial charge in [-0.3, -0.25) is 4.79 Å². The summed E-state index contributed by atoms with van der Waals surface area (Å²) >= 11 is 0. The second-order valence-electron chi connectivity index (χ2n) is 6.88. The molecule has 1 atom stereocenters. The number of nitrogens with one attached hydrogen (secondary N) is 1. The van der Waals surface area contributed by atoms with Crippen LogP contribution in [0.15, 0.2) is 29.2 Å². The zero-order valence-electron chi connectivity index (χ0n) is 14.0. The fraction of sp³-hybridized carbons (Fsp3) is 0.611. The third-order valence-electron chi connectivity index (χ3n) is 4.84. The molecule has 1 aromatic rings. The van der Waals surface area contributed by atoms with Crippen molar-refractivity contribution in [2.75, 3.05) is 11.9 Å². The van der Waals surface area contributed by atoms with Gasteiger partial charge in [-0.2, -0.15) is 0 Å². The Morgan fingerprint density at radius 3 is 2.38 bits per heavy atom. The molecule has 0 saturated heterocycles. The Balaban J connectivity index is 1.58. The number of hydrogen-bond acceptors (Lipinski definition) is 4. The van der Waals surface area contributed by atoms with E-state index in [-0.39, 0.29) is 11.2 Å². The van der Waals surface area contributed by atoms with E-state index in [0.29, 0.717) is 23.1 Å². The highest BCUT2D eigenvalue weighted by Crippen LogP contribution is 2.30. The Kier molecular flexibility index (Phi) is 5.25. The van der Waals surface area contributed by atoms with Crippen molar-refractivity contribution >= 4 is 21.4 Å². The van der Waals surface area contributed by atoms with E-state index in [1.54, 1.807) is 31.2 Å². The fourth-order valence-corrected chi connectivity index (χ4v) is 4.86. The van der Waals surface area contributed by atoms with Gasteiger partial charge in [0.25, 0.3) is 5.91 Å². The van der Waals surface area contributed by atoms with Gasteiger partial charge in [-0.1, -0.05) is 12.8 Å². The van der Waals surface area contributed by atoms with Crippen LogP contribution in [0.4, 0.5) is 5.69 Å². The van der Waals surface area contributed by atoms with E-state index in [2.05, 4.69) is 5.32 Å². The Morgan fingerprint density at radius 2 is 1.79 bits per heavy atom. The van der Waals surface area contributed by atoms with Crippen molar-refractivity contribution in [3.8, 4) is 0 Å². The number of sulfone groups is 1. The van der Waals surface area contributed by atoms with E-state index in [9.17, 15) is 13.2 Å². The van der Waals surface area contributed by atoms with Gasteiger partial charge in [-0.05, 0) is 62.8 Å². The van der Waals surface area contributed by atoms with Crippen molar-refractivity contribution in [2.45, 2.75) is 61.7 Å². The van der Waals surface area contributed by atoms with Gasteiger partial charge < -0.3 is 10.1 Å². The van der Waals surface area contributed by atoms with Gasteiger partial charge in [0.05, 0.1) is 16.8 Å². The second kappa shape index (κ2) is 7.23. The lowest BCUT2D eigenvalue weighted by Crippen LogP contribution is -2.28. The third-order valence-corrected chi connectivity index (χ3v) is 7.12. The van der Waals surface area contributed by atoms with E-state index in [0.717, 1.165) is 25.7 Å². The molecule has 24 heavy (non-hydrogen) atoms. The highest BCUT2D eigenvalue weighted by atomic mass is 32.2. The molecule has 0 spiro atoms. The number of carbonyl (C=O) groups is 1. The predicted octanol–water partition coefficient (Wildman–Crippen LogP) is 3.16. The molecule has 2 fully saturated rings. The summed E-state index contributed by atoms with van der Waals surface area (Å²) in [5, 5.41) is 2.52. The van der Waals surface area contributed by atoms with Crippen LogP contribution in [0.1, 0.15) is 45.4 Å². The summed E-state index contributed by atoms with van der Waals surface area (Å²) in [6.45, 7) is 2.36. The molecule has 0 radical (unpaired) electrons. The van der Waals surface area contributed by atoms with Crippen molar-refractivity contribution in [1.29, 1.82) is 0 Å². The van der Waals surface area contributed by atoms with Crippen LogP contribution in [0.2, 0.25) is 0 Å². The van der Waals surface area contributed by atoms with Crippen molar-refractivity contribution in [1.82, 2.24) is 0 Å². The van der Waals surface area contributed by atoms with Gasteiger partial charge in [0.15, 0.2) is 9.84 Å². The summed E-state index contributed by atoms with van der Waals surface area (Å²) in [5.74, 6) is 0.405. The zero-order valence-corrected chi connectivity index (χ0v) is 14.8. The molecular weight excluding hydrogens is 326 g/mol. The maximum Gasteiger partial charge on any atom is 0.253 e. The first kappa shape index (κ1) is 17.4. The van der Waals surface area contributed by atoms with E-state index in [1.165, 1.54) is 12.8 Å². The first-order chi connectivity index (χ1) is 11.5. The van der Waals surface area contributed by atoms with Crippen LogP contribution < -0.4 is 5.32 Å². The lowest BCUT2D eigenvalue weighted by atomic mass is 10.3. The Bertz CT molecular complexity index is 673. The number of ether oxygens (including phenoxy) is 1. The lowest BCUT2D eigenvalue weighted by molar-refractivity contribution is -0.126. The Morgan fingerprint density at radius 1 is 1.17 bits per heavy atom. The molecule has 6 heteroatoms. The molecule has 5 nitrogen and oxygen atoms in total. The number of anilines is 1. The number of benzene rings is 1. The van der Waals surface area contributed by atoms with Crippen LogP contribution in [0.5, 0.6) is 0 Å². The molecule has 2 aliphatic carbocycles. The molecule has 1 amide bonds. The van der Waals surface area contributed by atoms with Crippen LogP contribution in [0.3, 0.4) is 0 Å². The summed E-state index contributed by atoms with van der Waals surface area (Å²) in [5.41, 5.74) is 0.590. The molecule has 1 N–H and O–H groups in total. The molecule has 1 unspecified atom stereocenters. The minimum absolute atomic E-state index is 0.206. The third kappa shape index (κ3) is 4.16. The molecule has 0 bridgehead atoms. The maximum atomic E-state index is 12.5.